The van der Waals surface area contributed by atoms with Crippen LogP contribution in [0.2, 0.25) is 0 Å². The first-order valence-corrected chi connectivity index (χ1v) is 7.68. The minimum atomic E-state index is -0.637. The lowest BCUT2D eigenvalue weighted by Crippen LogP contribution is -2.16. The van der Waals surface area contributed by atoms with Crippen LogP contribution in [0.3, 0.4) is 0 Å². The number of H-pyrrole nitrogens is 1. The van der Waals surface area contributed by atoms with E-state index >= 15 is 0 Å². The number of nitrogens with one attached hydrogen (secondary N) is 1. The summed E-state index contributed by atoms with van der Waals surface area (Å²) in [4.78, 5) is 39.0. The van der Waals surface area contributed by atoms with Gasteiger partial charge in [0.15, 0.2) is 12.4 Å². The summed E-state index contributed by atoms with van der Waals surface area (Å²) in [5.74, 6) is -1.01. The molecule has 0 amide bonds. The van der Waals surface area contributed by atoms with Gasteiger partial charge in [0, 0.05) is 35.3 Å². The number of Topliss-reactive ketones (excluding diaryl/α,β-unsaturated/α-hetero) is 2. The number of carbonyl (C=O) groups is 3. The highest BCUT2D eigenvalue weighted by Gasteiger charge is 2.22. The molecule has 2 aromatic rings. The van der Waals surface area contributed by atoms with Gasteiger partial charge in [-0.15, -0.1) is 0 Å². The van der Waals surface area contributed by atoms with E-state index in [1.807, 2.05) is 25.5 Å². The van der Waals surface area contributed by atoms with Crippen molar-refractivity contribution >= 4 is 17.5 Å². The number of hydrogen-bond donors (Lipinski definition) is 1. The van der Waals surface area contributed by atoms with Gasteiger partial charge in [0.25, 0.3) is 0 Å². The Morgan fingerprint density at radius 1 is 1.17 bits per heavy atom. The minimum absolute atomic E-state index is 0.119. The summed E-state index contributed by atoms with van der Waals surface area (Å²) in [6.07, 6.45) is 0. The molecule has 2 rings (SSSR count). The number of ether oxygens (including phenoxy) is 1. The molecule has 0 spiro atoms. The molecule has 0 saturated carbocycles. The first kappa shape index (κ1) is 17.7. The number of hydrogen-bond acceptors (Lipinski definition) is 4. The van der Waals surface area contributed by atoms with E-state index in [9.17, 15) is 14.4 Å². The van der Waals surface area contributed by atoms with Crippen molar-refractivity contribution in [3.05, 3.63) is 45.5 Å². The van der Waals surface area contributed by atoms with Crippen molar-refractivity contribution < 1.29 is 19.1 Å². The lowest BCUT2D eigenvalue weighted by Gasteiger charge is -2.05. The number of aromatic nitrogens is 2. The van der Waals surface area contributed by atoms with E-state index in [2.05, 4.69) is 4.98 Å². The van der Waals surface area contributed by atoms with Crippen LogP contribution in [0.1, 0.15) is 60.8 Å². The summed E-state index contributed by atoms with van der Waals surface area (Å²) < 4.78 is 7.05. The first-order chi connectivity index (χ1) is 11.1. The van der Waals surface area contributed by atoms with Crippen LogP contribution in [0.25, 0.3) is 0 Å². The second-order valence-electron chi connectivity index (χ2n) is 6.02. The van der Waals surface area contributed by atoms with Gasteiger partial charge in [-0.2, -0.15) is 0 Å². The van der Waals surface area contributed by atoms with E-state index in [4.69, 9.17) is 4.74 Å². The smallest absolute Gasteiger partial charge is 0.355 e. The fourth-order valence-corrected chi connectivity index (χ4v) is 2.90. The average molecular weight is 330 g/mol. The summed E-state index contributed by atoms with van der Waals surface area (Å²) >= 11 is 0. The second-order valence-corrected chi connectivity index (χ2v) is 6.02. The van der Waals surface area contributed by atoms with Gasteiger partial charge in [-0.25, -0.2) is 4.79 Å². The van der Waals surface area contributed by atoms with E-state index in [1.54, 1.807) is 19.9 Å². The van der Waals surface area contributed by atoms with Gasteiger partial charge >= 0.3 is 5.97 Å². The number of nitrogens with zero attached hydrogens (tertiary/aromatic N) is 1. The molecule has 6 heteroatoms. The highest BCUT2D eigenvalue weighted by Crippen LogP contribution is 2.19. The van der Waals surface area contributed by atoms with Crippen molar-refractivity contribution in [2.75, 3.05) is 6.61 Å². The van der Waals surface area contributed by atoms with Crippen LogP contribution in [0.4, 0.5) is 0 Å². The lowest BCUT2D eigenvalue weighted by molar-refractivity contribution is 0.0468. The van der Waals surface area contributed by atoms with Gasteiger partial charge in [-0.1, -0.05) is 0 Å². The molecule has 0 bridgehead atoms. The van der Waals surface area contributed by atoms with Gasteiger partial charge < -0.3 is 14.3 Å². The van der Waals surface area contributed by atoms with Gasteiger partial charge in [0.2, 0.25) is 5.78 Å². The summed E-state index contributed by atoms with van der Waals surface area (Å²) in [7, 11) is 1.88. The predicted octanol–water partition coefficient (Wildman–Crippen LogP) is 2.83. The molecule has 6 nitrogen and oxygen atoms in total. The van der Waals surface area contributed by atoms with Crippen molar-refractivity contribution in [1.82, 2.24) is 9.55 Å². The molecule has 0 atom stereocenters. The zero-order valence-corrected chi connectivity index (χ0v) is 14.9. The lowest BCUT2D eigenvalue weighted by atomic mass is 10.1. The van der Waals surface area contributed by atoms with Crippen molar-refractivity contribution in [3.63, 3.8) is 0 Å². The summed E-state index contributed by atoms with van der Waals surface area (Å²) in [5.41, 5.74) is 4.21. The number of aromatic amines is 1. The Kier molecular flexibility index (Phi) is 4.78. The molecule has 0 radical (unpaired) electrons. The quantitative estimate of drug-likeness (QED) is 0.675. The molecular formula is C18H22N2O4. The van der Waals surface area contributed by atoms with Crippen LogP contribution in [-0.4, -0.2) is 33.7 Å². The molecule has 2 aromatic heterocycles. The van der Waals surface area contributed by atoms with Gasteiger partial charge in [0.05, 0.1) is 0 Å². The largest absolute Gasteiger partial charge is 0.453 e. The van der Waals surface area contributed by atoms with E-state index in [0.29, 0.717) is 22.4 Å². The van der Waals surface area contributed by atoms with E-state index in [1.165, 1.54) is 6.92 Å². The third kappa shape index (κ3) is 3.04. The van der Waals surface area contributed by atoms with Crippen LogP contribution >= 0.6 is 0 Å². The number of rotatable bonds is 5. The summed E-state index contributed by atoms with van der Waals surface area (Å²) in [5, 5.41) is 0. The Bertz CT molecular complexity index is 840. The second kappa shape index (κ2) is 6.47. The molecule has 0 unspecified atom stereocenters. The SMILES string of the molecule is CC(=O)c1c(C)[nH]c(C(=O)OCC(=O)c2cc(C)n(C)c2C)c1C. The van der Waals surface area contributed by atoms with Gasteiger partial charge in [-0.3, -0.25) is 9.59 Å². The van der Waals surface area contributed by atoms with Crippen LogP contribution in [0.15, 0.2) is 6.07 Å². The Balaban J connectivity index is 2.14. The highest BCUT2D eigenvalue weighted by molar-refractivity contribution is 6.03. The summed E-state index contributed by atoms with van der Waals surface area (Å²) in [6, 6.07) is 1.78. The maximum absolute atomic E-state index is 12.3. The van der Waals surface area contributed by atoms with Crippen molar-refractivity contribution in [2.45, 2.75) is 34.6 Å². The zero-order valence-electron chi connectivity index (χ0n) is 14.9. The Labute approximate surface area is 140 Å². The van der Waals surface area contributed by atoms with Gasteiger partial charge in [-0.05, 0) is 46.2 Å². The number of esters is 1. The van der Waals surface area contributed by atoms with Crippen molar-refractivity contribution in [1.29, 1.82) is 0 Å². The molecular weight excluding hydrogens is 308 g/mol. The normalized spacial score (nSPS) is 10.8. The number of carbonyl (C=O) groups excluding carboxylic acids is 3. The standard InChI is InChI=1S/C18H22N2O4/c1-9-7-14(12(4)20(9)6)15(22)8-24-18(23)17-10(2)16(13(5)21)11(3)19-17/h7,19H,8H2,1-6H3. The topological polar surface area (TPSA) is 81.2 Å². The Morgan fingerprint density at radius 3 is 2.25 bits per heavy atom. The van der Waals surface area contributed by atoms with E-state index < -0.39 is 5.97 Å². The Morgan fingerprint density at radius 2 is 1.79 bits per heavy atom. The third-order valence-electron chi connectivity index (χ3n) is 4.40. The molecule has 0 aliphatic carbocycles. The van der Waals surface area contributed by atoms with Crippen molar-refractivity contribution in [3.8, 4) is 0 Å². The fraction of sp³-hybridized carbons (Fsp3) is 0.389. The molecule has 0 aromatic carbocycles. The van der Waals surface area contributed by atoms with Crippen molar-refractivity contribution in [2.24, 2.45) is 7.05 Å². The molecule has 128 valence electrons. The monoisotopic (exact) mass is 330 g/mol. The van der Waals surface area contributed by atoms with E-state index in [-0.39, 0.29) is 23.9 Å². The molecule has 1 N–H and O–H groups in total. The van der Waals surface area contributed by atoms with Gasteiger partial charge in [0.1, 0.15) is 5.69 Å². The molecule has 0 saturated heterocycles. The Hall–Kier alpha value is -2.63. The number of aryl methyl sites for hydroxylation is 2. The van der Waals surface area contributed by atoms with Crippen LogP contribution in [-0.2, 0) is 11.8 Å². The van der Waals surface area contributed by atoms with Crippen LogP contribution in [0, 0.1) is 27.7 Å². The van der Waals surface area contributed by atoms with Crippen LogP contribution < -0.4 is 0 Å². The van der Waals surface area contributed by atoms with Crippen LogP contribution in [0.5, 0.6) is 0 Å². The number of ketones is 2. The fourth-order valence-electron chi connectivity index (χ4n) is 2.90. The first-order valence-electron chi connectivity index (χ1n) is 7.68. The third-order valence-corrected chi connectivity index (χ3v) is 4.40. The molecule has 0 aliphatic rings. The molecule has 0 fully saturated rings. The van der Waals surface area contributed by atoms with E-state index in [0.717, 1.165) is 11.4 Å². The molecule has 0 aliphatic heterocycles. The average Bonchev–Trinajstić information content (AvgIpc) is 2.95. The molecule has 2 heterocycles. The minimum Gasteiger partial charge on any atom is -0.453 e. The zero-order chi connectivity index (χ0) is 18.2. The molecule has 24 heavy (non-hydrogen) atoms. The highest BCUT2D eigenvalue weighted by atomic mass is 16.5. The maximum atomic E-state index is 12.3. The summed E-state index contributed by atoms with van der Waals surface area (Å²) in [6.45, 7) is 8.27. The maximum Gasteiger partial charge on any atom is 0.355 e. The predicted molar refractivity (Wildman–Crippen MR) is 89.8 cm³/mol.